The molecule has 4 nitrogen and oxygen atoms in total. The first-order chi connectivity index (χ1) is 9.72. The molecule has 0 bridgehead atoms. The molecule has 0 saturated heterocycles. The maximum Gasteiger partial charge on any atom is 0.128 e. The molecule has 120 valence electrons. The number of hydrogen-bond acceptors (Lipinski definition) is 4. The molecule has 2 atom stereocenters. The van der Waals surface area contributed by atoms with Crippen molar-refractivity contribution in [3.8, 4) is 5.75 Å². The molecule has 1 aromatic heterocycles. The molecule has 0 amide bonds. The summed E-state index contributed by atoms with van der Waals surface area (Å²) in [6.07, 6.45) is 2.53. The Morgan fingerprint density at radius 3 is 2.38 bits per heavy atom. The van der Waals surface area contributed by atoms with Crippen molar-refractivity contribution in [2.24, 2.45) is 11.1 Å². The molecule has 0 saturated carbocycles. The van der Waals surface area contributed by atoms with E-state index >= 15 is 0 Å². The SMILES string of the molecule is CCOC(C(N)Cc1ncc(C)c(OC)c1C)C(C)(C)C. The maximum absolute atomic E-state index is 6.41. The van der Waals surface area contributed by atoms with Crippen molar-refractivity contribution in [2.75, 3.05) is 13.7 Å². The Bertz CT molecular complexity index is 467. The van der Waals surface area contributed by atoms with E-state index in [-0.39, 0.29) is 17.6 Å². The van der Waals surface area contributed by atoms with Crippen LogP contribution in [0.15, 0.2) is 6.20 Å². The van der Waals surface area contributed by atoms with Crippen molar-refractivity contribution in [3.63, 3.8) is 0 Å². The molecule has 2 N–H and O–H groups in total. The molecule has 2 unspecified atom stereocenters. The van der Waals surface area contributed by atoms with E-state index in [2.05, 4.69) is 25.8 Å². The average molecular weight is 294 g/mol. The Morgan fingerprint density at radius 1 is 1.29 bits per heavy atom. The monoisotopic (exact) mass is 294 g/mol. The third kappa shape index (κ3) is 4.42. The van der Waals surface area contributed by atoms with Gasteiger partial charge in [0.25, 0.3) is 0 Å². The lowest BCUT2D eigenvalue weighted by atomic mass is 9.83. The summed E-state index contributed by atoms with van der Waals surface area (Å²) in [7, 11) is 1.69. The zero-order chi connectivity index (χ0) is 16.2. The van der Waals surface area contributed by atoms with E-state index in [1.54, 1.807) is 7.11 Å². The van der Waals surface area contributed by atoms with Gasteiger partial charge in [-0.15, -0.1) is 0 Å². The number of hydrogen-bond donors (Lipinski definition) is 1. The molecule has 0 aliphatic heterocycles. The van der Waals surface area contributed by atoms with Gasteiger partial charge in [-0.3, -0.25) is 4.98 Å². The molecule has 0 spiro atoms. The zero-order valence-corrected chi connectivity index (χ0v) is 14.5. The quantitative estimate of drug-likeness (QED) is 0.876. The predicted molar refractivity (Wildman–Crippen MR) is 86.8 cm³/mol. The summed E-state index contributed by atoms with van der Waals surface area (Å²) in [5, 5.41) is 0. The van der Waals surface area contributed by atoms with Gasteiger partial charge in [-0.25, -0.2) is 0 Å². The predicted octanol–water partition coefficient (Wildman–Crippen LogP) is 3.03. The molecule has 0 aliphatic carbocycles. The van der Waals surface area contributed by atoms with Gasteiger partial charge in [-0.1, -0.05) is 20.8 Å². The Hall–Kier alpha value is -1.13. The summed E-state index contributed by atoms with van der Waals surface area (Å²) in [6.45, 7) is 13.2. The van der Waals surface area contributed by atoms with E-state index in [9.17, 15) is 0 Å². The highest BCUT2D eigenvalue weighted by atomic mass is 16.5. The third-order valence-electron chi connectivity index (χ3n) is 3.77. The summed E-state index contributed by atoms with van der Waals surface area (Å²) in [5.41, 5.74) is 9.51. The van der Waals surface area contributed by atoms with Crippen molar-refractivity contribution in [1.29, 1.82) is 0 Å². The van der Waals surface area contributed by atoms with Gasteiger partial charge in [0, 0.05) is 42.1 Å². The minimum Gasteiger partial charge on any atom is -0.496 e. The number of methoxy groups -OCH3 is 1. The van der Waals surface area contributed by atoms with Crippen LogP contribution in [0.25, 0.3) is 0 Å². The number of pyridine rings is 1. The highest BCUT2D eigenvalue weighted by Crippen LogP contribution is 2.28. The Morgan fingerprint density at radius 2 is 1.90 bits per heavy atom. The maximum atomic E-state index is 6.41. The van der Waals surface area contributed by atoms with Crippen LogP contribution in [-0.2, 0) is 11.2 Å². The number of nitrogens with zero attached hydrogens (tertiary/aromatic N) is 1. The van der Waals surface area contributed by atoms with Crippen LogP contribution in [-0.4, -0.2) is 30.8 Å². The van der Waals surface area contributed by atoms with Gasteiger partial charge >= 0.3 is 0 Å². The summed E-state index contributed by atoms with van der Waals surface area (Å²) in [6, 6.07) is -0.0939. The molecular formula is C17H30N2O2. The first kappa shape index (κ1) is 17.9. The van der Waals surface area contributed by atoms with Gasteiger partial charge in [-0.05, 0) is 26.2 Å². The molecule has 0 aliphatic rings. The number of nitrogens with two attached hydrogens (primary N) is 1. The highest BCUT2D eigenvalue weighted by molar-refractivity contribution is 5.41. The van der Waals surface area contributed by atoms with E-state index in [1.807, 2.05) is 27.0 Å². The Labute approximate surface area is 129 Å². The largest absolute Gasteiger partial charge is 0.496 e. The van der Waals surface area contributed by atoms with Crippen molar-refractivity contribution in [2.45, 2.75) is 60.1 Å². The summed E-state index contributed by atoms with van der Waals surface area (Å²) >= 11 is 0. The van der Waals surface area contributed by atoms with Crippen molar-refractivity contribution in [3.05, 3.63) is 23.0 Å². The number of ether oxygens (including phenoxy) is 2. The first-order valence-electron chi connectivity index (χ1n) is 7.58. The molecule has 0 aromatic carbocycles. The molecule has 1 aromatic rings. The summed E-state index contributed by atoms with van der Waals surface area (Å²) < 4.78 is 11.3. The van der Waals surface area contributed by atoms with Crippen molar-refractivity contribution in [1.82, 2.24) is 4.98 Å². The molecule has 1 heterocycles. The van der Waals surface area contributed by atoms with Gasteiger partial charge < -0.3 is 15.2 Å². The van der Waals surface area contributed by atoms with E-state index in [1.165, 1.54) is 0 Å². The molecule has 0 fully saturated rings. The van der Waals surface area contributed by atoms with E-state index in [0.717, 1.165) is 22.6 Å². The van der Waals surface area contributed by atoms with Gasteiger partial charge in [0.05, 0.1) is 13.2 Å². The Kier molecular flexibility index (Phi) is 6.17. The standard InChI is InChI=1S/C17H30N2O2/c1-8-21-16(17(4,5)6)13(18)9-14-12(3)15(20-7)11(2)10-19-14/h10,13,16H,8-9,18H2,1-7H3. The first-order valence-corrected chi connectivity index (χ1v) is 7.58. The minimum atomic E-state index is -0.0939. The smallest absolute Gasteiger partial charge is 0.128 e. The second-order valence-electron chi connectivity index (χ2n) is 6.66. The highest BCUT2D eigenvalue weighted by Gasteiger charge is 2.31. The topological polar surface area (TPSA) is 57.4 Å². The lowest BCUT2D eigenvalue weighted by molar-refractivity contribution is -0.0276. The van der Waals surface area contributed by atoms with Crippen LogP contribution in [0.4, 0.5) is 0 Å². The van der Waals surface area contributed by atoms with E-state index in [0.29, 0.717) is 13.0 Å². The number of aryl methyl sites for hydroxylation is 1. The molecular weight excluding hydrogens is 264 g/mol. The third-order valence-corrected chi connectivity index (χ3v) is 3.77. The van der Waals surface area contributed by atoms with Gasteiger partial charge in [0.1, 0.15) is 5.75 Å². The normalized spacial score (nSPS) is 14.9. The lowest BCUT2D eigenvalue weighted by Crippen LogP contribution is -2.46. The fourth-order valence-corrected chi connectivity index (χ4v) is 2.80. The van der Waals surface area contributed by atoms with Crippen LogP contribution >= 0.6 is 0 Å². The second kappa shape index (κ2) is 7.23. The second-order valence-corrected chi connectivity index (χ2v) is 6.66. The van der Waals surface area contributed by atoms with Gasteiger partial charge in [-0.2, -0.15) is 0 Å². The Balaban J connectivity index is 2.99. The van der Waals surface area contributed by atoms with Crippen LogP contribution in [0.1, 0.15) is 44.5 Å². The fraction of sp³-hybridized carbons (Fsp3) is 0.706. The van der Waals surface area contributed by atoms with E-state index < -0.39 is 0 Å². The van der Waals surface area contributed by atoms with Crippen LogP contribution < -0.4 is 10.5 Å². The fourth-order valence-electron chi connectivity index (χ4n) is 2.80. The zero-order valence-electron chi connectivity index (χ0n) is 14.5. The van der Waals surface area contributed by atoms with Crippen LogP contribution in [0.2, 0.25) is 0 Å². The molecule has 1 rings (SSSR count). The van der Waals surface area contributed by atoms with Crippen molar-refractivity contribution < 1.29 is 9.47 Å². The van der Waals surface area contributed by atoms with Crippen LogP contribution in [0.5, 0.6) is 5.75 Å². The van der Waals surface area contributed by atoms with Crippen LogP contribution in [0, 0.1) is 19.3 Å². The molecule has 0 radical (unpaired) electrons. The molecule has 4 heteroatoms. The van der Waals surface area contributed by atoms with E-state index in [4.69, 9.17) is 15.2 Å². The summed E-state index contributed by atoms with van der Waals surface area (Å²) in [5.74, 6) is 0.899. The van der Waals surface area contributed by atoms with Gasteiger partial charge in [0.15, 0.2) is 0 Å². The number of aromatic nitrogens is 1. The summed E-state index contributed by atoms with van der Waals surface area (Å²) in [4.78, 5) is 4.54. The average Bonchev–Trinajstić information content (AvgIpc) is 2.38. The van der Waals surface area contributed by atoms with Crippen LogP contribution in [0.3, 0.4) is 0 Å². The molecule has 21 heavy (non-hydrogen) atoms. The van der Waals surface area contributed by atoms with Crippen molar-refractivity contribution >= 4 is 0 Å². The number of rotatable bonds is 6. The van der Waals surface area contributed by atoms with Gasteiger partial charge in [0.2, 0.25) is 0 Å². The lowest BCUT2D eigenvalue weighted by Gasteiger charge is -2.35. The minimum absolute atomic E-state index is 0.00187.